The van der Waals surface area contributed by atoms with Gasteiger partial charge in [-0.05, 0) is 29.8 Å². The van der Waals surface area contributed by atoms with E-state index < -0.39 is 6.09 Å². The summed E-state index contributed by atoms with van der Waals surface area (Å²) in [7, 11) is 0. The van der Waals surface area contributed by atoms with E-state index in [4.69, 9.17) is 9.57 Å². The van der Waals surface area contributed by atoms with Gasteiger partial charge in [0.15, 0.2) is 5.75 Å². The predicted octanol–water partition coefficient (Wildman–Crippen LogP) is 5.06. The molecule has 0 fully saturated rings. The Kier molecular flexibility index (Phi) is 5.40. The Morgan fingerprint density at radius 2 is 1.48 bits per heavy atom. The largest absolute Gasteiger partial charge is 0.455 e. The molecule has 0 unspecified atom stereocenters. The Hall–Kier alpha value is -3.60. The molecule has 5 heteroatoms. The fraction of sp³-hybridized carbons (Fsp3) is 0. The second kappa shape index (κ2) is 8.31. The van der Waals surface area contributed by atoms with Crippen LogP contribution in [0.5, 0.6) is 11.5 Å². The van der Waals surface area contributed by atoms with E-state index >= 15 is 0 Å². The van der Waals surface area contributed by atoms with Gasteiger partial charge < -0.3 is 4.74 Å². The number of benzene rings is 3. The Labute approximate surface area is 145 Å². The van der Waals surface area contributed by atoms with Gasteiger partial charge in [-0.1, -0.05) is 65.8 Å². The molecular weight excluding hydrogens is 316 g/mol. The fourth-order valence-corrected chi connectivity index (χ4v) is 2.08. The highest BCUT2D eigenvalue weighted by atomic mass is 16.7. The Bertz CT molecular complexity index is 849. The first kappa shape index (κ1) is 16.3. The fourth-order valence-electron chi connectivity index (χ4n) is 2.08. The molecule has 1 N–H and O–H groups in total. The molecule has 0 aromatic heterocycles. The number of carbonyl (C=O) groups is 1. The minimum atomic E-state index is -0.698. The van der Waals surface area contributed by atoms with Crippen LogP contribution in [0.2, 0.25) is 0 Å². The summed E-state index contributed by atoms with van der Waals surface area (Å²) in [6.07, 6.45) is 0.766. The van der Waals surface area contributed by atoms with Crippen LogP contribution in [0.15, 0.2) is 90.1 Å². The topological polar surface area (TPSA) is 59.9 Å². The van der Waals surface area contributed by atoms with Crippen molar-refractivity contribution >= 4 is 18.0 Å². The highest BCUT2D eigenvalue weighted by molar-refractivity contribution is 5.87. The lowest BCUT2D eigenvalue weighted by Gasteiger charge is -2.11. The van der Waals surface area contributed by atoms with Crippen molar-refractivity contribution in [3.05, 3.63) is 90.5 Å². The van der Waals surface area contributed by atoms with Crippen molar-refractivity contribution in [3.63, 3.8) is 0 Å². The van der Waals surface area contributed by atoms with Crippen LogP contribution in [0.25, 0.3) is 0 Å². The Balaban J connectivity index is 1.62. The molecule has 0 heterocycles. The predicted molar refractivity (Wildman–Crippen MR) is 97.1 cm³/mol. The molecule has 0 saturated carbocycles. The van der Waals surface area contributed by atoms with E-state index in [9.17, 15) is 4.79 Å². The molecule has 5 nitrogen and oxygen atoms in total. The summed E-state index contributed by atoms with van der Waals surface area (Å²) in [6.45, 7) is 0. The van der Waals surface area contributed by atoms with E-state index in [1.165, 1.54) is 6.21 Å². The number of hydrogen-bond acceptors (Lipinski definition) is 4. The maximum absolute atomic E-state index is 11.9. The van der Waals surface area contributed by atoms with Crippen molar-refractivity contribution in [2.75, 3.05) is 5.32 Å². The van der Waals surface area contributed by atoms with E-state index in [1.54, 1.807) is 18.2 Å². The average Bonchev–Trinajstić information content (AvgIpc) is 2.65. The SMILES string of the molecule is O=C(Nc1ccccc1Oc1ccccc1)O/N=C/c1ccccc1. The van der Waals surface area contributed by atoms with Crippen LogP contribution in [0.4, 0.5) is 10.5 Å². The summed E-state index contributed by atoms with van der Waals surface area (Å²) in [5.74, 6) is 1.19. The smallest absolute Gasteiger partial charge is 0.437 e. The summed E-state index contributed by atoms with van der Waals surface area (Å²) in [6, 6.07) is 25.8. The lowest BCUT2D eigenvalue weighted by atomic mass is 10.2. The molecular formula is C20H16N2O3. The normalized spacial score (nSPS) is 10.4. The number of oxime groups is 1. The standard InChI is InChI=1S/C20H16N2O3/c23-20(25-21-15-16-9-3-1-4-10-16)22-18-13-7-8-14-19(18)24-17-11-5-2-6-12-17/h1-15H,(H,22,23)/b21-15+. The van der Waals surface area contributed by atoms with Gasteiger partial charge in [-0.15, -0.1) is 0 Å². The van der Waals surface area contributed by atoms with Crippen molar-refractivity contribution in [3.8, 4) is 11.5 Å². The van der Waals surface area contributed by atoms with Crippen LogP contribution >= 0.6 is 0 Å². The molecule has 0 aliphatic heterocycles. The van der Waals surface area contributed by atoms with Gasteiger partial charge in [0.05, 0.1) is 11.9 Å². The lowest BCUT2D eigenvalue weighted by molar-refractivity contribution is 0.167. The summed E-state index contributed by atoms with van der Waals surface area (Å²) < 4.78 is 5.78. The monoisotopic (exact) mass is 332 g/mol. The zero-order chi connectivity index (χ0) is 17.3. The average molecular weight is 332 g/mol. The summed E-state index contributed by atoms with van der Waals surface area (Å²) in [5.41, 5.74) is 1.33. The first-order chi connectivity index (χ1) is 12.3. The van der Waals surface area contributed by atoms with Crippen molar-refractivity contribution in [1.82, 2.24) is 0 Å². The molecule has 0 atom stereocenters. The number of para-hydroxylation sites is 3. The number of rotatable bonds is 5. The molecule has 0 radical (unpaired) electrons. The number of nitrogens with one attached hydrogen (secondary N) is 1. The van der Waals surface area contributed by atoms with Crippen molar-refractivity contribution in [2.24, 2.45) is 5.16 Å². The third-order valence-electron chi connectivity index (χ3n) is 3.23. The van der Waals surface area contributed by atoms with Gasteiger partial charge in [-0.3, -0.25) is 10.2 Å². The number of hydrogen-bond donors (Lipinski definition) is 1. The van der Waals surface area contributed by atoms with Gasteiger partial charge in [-0.25, -0.2) is 4.79 Å². The van der Waals surface area contributed by atoms with Gasteiger partial charge in [0.2, 0.25) is 0 Å². The maximum atomic E-state index is 11.9. The van der Waals surface area contributed by atoms with Crippen LogP contribution < -0.4 is 10.1 Å². The van der Waals surface area contributed by atoms with E-state index in [0.29, 0.717) is 17.2 Å². The third kappa shape index (κ3) is 4.94. The Morgan fingerprint density at radius 3 is 2.24 bits per heavy atom. The number of anilines is 1. The van der Waals surface area contributed by atoms with Crippen LogP contribution in [0.1, 0.15) is 5.56 Å². The van der Waals surface area contributed by atoms with Crippen molar-refractivity contribution in [2.45, 2.75) is 0 Å². The first-order valence-electron chi connectivity index (χ1n) is 7.69. The second-order valence-electron chi connectivity index (χ2n) is 5.06. The summed E-state index contributed by atoms with van der Waals surface area (Å²) in [4.78, 5) is 16.7. The number of amides is 1. The maximum Gasteiger partial charge on any atom is 0.437 e. The molecule has 0 saturated heterocycles. The van der Waals surface area contributed by atoms with E-state index in [2.05, 4.69) is 10.5 Å². The third-order valence-corrected chi connectivity index (χ3v) is 3.23. The zero-order valence-corrected chi connectivity index (χ0v) is 13.3. The molecule has 1 amide bonds. The van der Waals surface area contributed by atoms with Crippen LogP contribution in [0, 0.1) is 0 Å². The first-order valence-corrected chi connectivity index (χ1v) is 7.69. The molecule has 25 heavy (non-hydrogen) atoms. The van der Waals surface area contributed by atoms with Gasteiger partial charge >= 0.3 is 6.09 Å². The number of ether oxygens (including phenoxy) is 1. The van der Waals surface area contributed by atoms with Crippen LogP contribution in [0.3, 0.4) is 0 Å². The summed E-state index contributed by atoms with van der Waals surface area (Å²) in [5, 5.41) is 6.29. The van der Waals surface area contributed by atoms with Crippen LogP contribution in [-0.2, 0) is 4.84 Å². The van der Waals surface area contributed by atoms with Crippen molar-refractivity contribution in [1.29, 1.82) is 0 Å². The second-order valence-corrected chi connectivity index (χ2v) is 5.06. The quantitative estimate of drug-likeness (QED) is 0.403. The number of nitrogens with zero attached hydrogens (tertiary/aromatic N) is 1. The molecule has 0 bridgehead atoms. The van der Waals surface area contributed by atoms with E-state index in [1.807, 2.05) is 66.7 Å². The molecule has 0 spiro atoms. The highest BCUT2D eigenvalue weighted by Gasteiger charge is 2.09. The number of carbonyl (C=O) groups excluding carboxylic acids is 1. The summed E-state index contributed by atoms with van der Waals surface area (Å²) >= 11 is 0. The van der Waals surface area contributed by atoms with Gasteiger partial charge in [0, 0.05) is 0 Å². The minimum absolute atomic E-state index is 0.492. The molecule has 0 aliphatic rings. The van der Waals surface area contributed by atoms with Crippen molar-refractivity contribution < 1.29 is 14.4 Å². The van der Waals surface area contributed by atoms with Gasteiger partial charge in [0.1, 0.15) is 5.75 Å². The van der Waals surface area contributed by atoms with Gasteiger partial charge in [0.25, 0.3) is 0 Å². The zero-order valence-electron chi connectivity index (χ0n) is 13.3. The minimum Gasteiger partial charge on any atom is -0.455 e. The van der Waals surface area contributed by atoms with E-state index in [-0.39, 0.29) is 0 Å². The van der Waals surface area contributed by atoms with Gasteiger partial charge in [-0.2, -0.15) is 0 Å². The molecule has 124 valence electrons. The lowest BCUT2D eigenvalue weighted by Crippen LogP contribution is -2.11. The molecule has 3 aromatic carbocycles. The molecule has 3 rings (SSSR count). The van der Waals surface area contributed by atoms with E-state index in [0.717, 1.165) is 5.56 Å². The highest BCUT2D eigenvalue weighted by Crippen LogP contribution is 2.29. The molecule has 3 aromatic rings. The molecule has 0 aliphatic carbocycles. The Morgan fingerprint density at radius 1 is 0.840 bits per heavy atom. The van der Waals surface area contributed by atoms with Crippen LogP contribution in [-0.4, -0.2) is 12.3 Å².